The number of sulfone groups is 1. The summed E-state index contributed by atoms with van der Waals surface area (Å²) in [7, 11) is -3.58. The lowest BCUT2D eigenvalue weighted by molar-refractivity contribution is 0.238. The summed E-state index contributed by atoms with van der Waals surface area (Å²) in [6.07, 6.45) is 3.14. The van der Waals surface area contributed by atoms with E-state index in [9.17, 15) is 13.7 Å². The molecule has 5 heteroatoms. The summed E-state index contributed by atoms with van der Waals surface area (Å²) in [6.45, 7) is 0. The van der Waals surface area contributed by atoms with Crippen LogP contribution in [-0.2, 0) is 9.84 Å². The van der Waals surface area contributed by atoms with Gasteiger partial charge in [0.15, 0.2) is 14.6 Å². The third kappa shape index (κ3) is 1.49. The van der Waals surface area contributed by atoms with Gasteiger partial charge in [0.25, 0.3) is 0 Å². The number of benzene rings is 1. The molecular formula is C13H12BrNO2S. The lowest BCUT2D eigenvalue weighted by Gasteiger charge is -2.42. The molecule has 0 heterocycles. The summed E-state index contributed by atoms with van der Waals surface area (Å²) in [4.78, 5) is 0.238. The molecule has 2 aliphatic carbocycles. The molecule has 2 aliphatic rings. The normalized spacial score (nSPS) is 23.1. The van der Waals surface area contributed by atoms with E-state index < -0.39 is 14.6 Å². The Kier molecular flexibility index (Phi) is 2.43. The van der Waals surface area contributed by atoms with Crippen molar-refractivity contribution in [3.63, 3.8) is 0 Å². The van der Waals surface area contributed by atoms with Crippen LogP contribution < -0.4 is 0 Å². The van der Waals surface area contributed by atoms with Crippen molar-refractivity contribution in [3.05, 3.63) is 28.7 Å². The first-order valence-electron chi connectivity index (χ1n) is 5.85. The second kappa shape index (κ2) is 3.58. The number of nitriles is 1. The van der Waals surface area contributed by atoms with Gasteiger partial charge in [0.2, 0.25) is 0 Å². The fourth-order valence-electron chi connectivity index (χ4n) is 2.89. The van der Waals surface area contributed by atoms with Crippen molar-refractivity contribution in [2.75, 3.05) is 0 Å². The Hall–Kier alpha value is -0.860. The Bertz CT molecular complexity index is 648. The van der Waals surface area contributed by atoms with E-state index >= 15 is 0 Å². The van der Waals surface area contributed by atoms with E-state index in [4.69, 9.17) is 0 Å². The van der Waals surface area contributed by atoms with Crippen molar-refractivity contribution in [1.29, 1.82) is 5.26 Å². The number of hydrogen-bond donors (Lipinski definition) is 0. The molecule has 1 aromatic rings. The lowest BCUT2D eigenvalue weighted by Crippen LogP contribution is -2.50. The largest absolute Gasteiger partial charge is 0.222 e. The maximum absolute atomic E-state index is 12.7. The highest BCUT2D eigenvalue weighted by Gasteiger charge is 2.67. The SMILES string of the molecule is N#CC1(S(=O)(=O)c2ccccc2Br)CC2(CC2)C1. The molecule has 0 bridgehead atoms. The molecule has 1 aromatic carbocycles. The third-order valence-electron chi connectivity index (χ3n) is 4.12. The average Bonchev–Trinajstić information content (AvgIpc) is 3.06. The molecule has 0 aliphatic heterocycles. The maximum Gasteiger partial charge on any atom is 0.198 e. The highest BCUT2D eigenvalue weighted by atomic mass is 79.9. The van der Waals surface area contributed by atoms with E-state index in [-0.39, 0.29) is 10.3 Å². The molecule has 3 nitrogen and oxygen atoms in total. The number of nitrogens with zero attached hydrogens (tertiary/aromatic N) is 1. The molecule has 0 amide bonds. The summed E-state index contributed by atoms with van der Waals surface area (Å²) in [6, 6.07) is 8.79. The Labute approximate surface area is 115 Å². The van der Waals surface area contributed by atoms with E-state index in [1.54, 1.807) is 24.3 Å². The first kappa shape index (κ1) is 12.2. The number of rotatable bonds is 2. The van der Waals surface area contributed by atoms with Gasteiger partial charge < -0.3 is 0 Å². The quantitative estimate of drug-likeness (QED) is 0.839. The Morgan fingerprint density at radius 2 is 1.83 bits per heavy atom. The van der Waals surface area contributed by atoms with Gasteiger partial charge in [-0.15, -0.1) is 0 Å². The summed E-state index contributed by atoms with van der Waals surface area (Å²) >= 11 is 3.26. The molecule has 0 saturated heterocycles. The summed E-state index contributed by atoms with van der Waals surface area (Å²) in [5.41, 5.74) is 0.171. The van der Waals surface area contributed by atoms with Crippen LogP contribution >= 0.6 is 15.9 Å². The molecular weight excluding hydrogens is 314 g/mol. The number of hydrogen-bond acceptors (Lipinski definition) is 3. The molecule has 1 spiro atoms. The summed E-state index contributed by atoms with van der Waals surface area (Å²) in [5.74, 6) is 0. The van der Waals surface area contributed by atoms with Gasteiger partial charge in [0.05, 0.1) is 11.0 Å². The van der Waals surface area contributed by atoms with Crippen LogP contribution in [0.2, 0.25) is 0 Å². The molecule has 0 radical (unpaired) electrons. The summed E-state index contributed by atoms with van der Waals surface area (Å²) < 4.78 is 24.6. The van der Waals surface area contributed by atoms with Crippen LogP contribution in [-0.4, -0.2) is 13.2 Å². The molecule has 0 aromatic heterocycles. The summed E-state index contributed by atoms with van der Waals surface area (Å²) in [5, 5.41) is 9.34. The topological polar surface area (TPSA) is 57.9 Å². The predicted octanol–water partition coefficient (Wildman–Crippen LogP) is 3.06. The van der Waals surface area contributed by atoms with E-state index in [1.807, 2.05) is 0 Å². The van der Waals surface area contributed by atoms with Gasteiger partial charge in [0, 0.05) is 4.47 Å². The van der Waals surface area contributed by atoms with E-state index in [2.05, 4.69) is 22.0 Å². The van der Waals surface area contributed by atoms with Gasteiger partial charge in [-0.05, 0) is 59.2 Å². The molecule has 2 fully saturated rings. The van der Waals surface area contributed by atoms with Crippen LogP contribution in [0.3, 0.4) is 0 Å². The van der Waals surface area contributed by atoms with Crippen LogP contribution in [0.15, 0.2) is 33.6 Å². The monoisotopic (exact) mass is 325 g/mol. The van der Waals surface area contributed by atoms with Gasteiger partial charge in [-0.2, -0.15) is 5.26 Å². The van der Waals surface area contributed by atoms with Crippen LogP contribution in [0.5, 0.6) is 0 Å². The molecule has 0 unspecified atom stereocenters. The van der Waals surface area contributed by atoms with Crippen LogP contribution in [0.25, 0.3) is 0 Å². The Morgan fingerprint density at radius 1 is 1.22 bits per heavy atom. The van der Waals surface area contributed by atoms with Gasteiger partial charge in [0.1, 0.15) is 0 Å². The van der Waals surface area contributed by atoms with Crippen molar-refractivity contribution in [3.8, 4) is 6.07 Å². The zero-order chi connectivity index (χ0) is 13.0. The minimum atomic E-state index is -3.58. The maximum atomic E-state index is 12.7. The van der Waals surface area contributed by atoms with Crippen molar-refractivity contribution >= 4 is 25.8 Å². The predicted molar refractivity (Wildman–Crippen MR) is 70.6 cm³/mol. The average molecular weight is 326 g/mol. The van der Waals surface area contributed by atoms with Crippen LogP contribution in [0, 0.1) is 16.7 Å². The number of halogens is 1. The van der Waals surface area contributed by atoms with E-state index in [0.717, 1.165) is 12.8 Å². The standard InChI is InChI=1S/C13H12BrNO2S/c14-10-3-1-2-4-11(10)18(16,17)13(9-15)7-12(8-13)5-6-12/h1-4H,5-8H2. The lowest BCUT2D eigenvalue weighted by atomic mass is 9.72. The van der Waals surface area contributed by atoms with Crippen molar-refractivity contribution in [2.45, 2.75) is 35.3 Å². The zero-order valence-corrected chi connectivity index (χ0v) is 12.1. The van der Waals surface area contributed by atoms with Crippen LogP contribution in [0.1, 0.15) is 25.7 Å². The van der Waals surface area contributed by atoms with Gasteiger partial charge >= 0.3 is 0 Å². The minimum Gasteiger partial charge on any atom is -0.222 e. The van der Waals surface area contributed by atoms with E-state index in [0.29, 0.717) is 17.3 Å². The molecule has 3 rings (SSSR count). The Morgan fingerprint density at radius 3 is 2.33 bits per heavy atom. The third-order valence-corrected chi connectivity index (χ3v) is 7.42. The minimum absolute atomic E-state index is 0.171. The molecule has 0 atom stereocenters. The van der Waals surface area contributed by atoms with Gasteiger partial charge in [-0.1, -0.05) is 12.1 Å². The van der Waals surface area contributed by atoms with Gasteiger partial charge in [-0.3, -0.25) is 0 Å². The highest BCUT2D eigenvalue weighted by molar-refractivity contribution is 9.10. The zero-order valence-electron chi connectivity index (χ0n) is 9.69. The van der Waals surface area contributed by atoms with Crippen molar-refractivity contribution < 1.29 is 8.42 Å². The second-order valence-corrected chi connectivity index (χ2v) is 8.48. The fourth-order valence-corrected chi connectivity index (χ4v) is 5.93. The molecule has 18 heavy (non-hydrogen) atoms. The van der Waals surface area contributed by atoms with Crippen molar-refractivity contribution in [2.24, 2.45) is 5.41 Å². The second-order valence-electron chi connectivity index (χ2n) is 5.39. The highest BCUT2D eigenvalue weighted by Crippen LogP contribution is 2.67. The fraction of sp³-hybridized carbons (Fsp3) is 0.462. The Balaban J connectivity index is 2.06. The molecule has 94 valence electrons. The smallest absolute Gasteiger partial charge is 0.198 e. The molecule has 0 N–H and O–H groups in total. The van der Waals surface area contributed by atoms with Crippen LogP contribution in [0.4, 0.5) is 0 Å². The van der Waals surface area contributed by atoms with E-state index in [1.165, 1.54) is 0 Å². The molecule has 2 saturated carbocycles. The first-order chi connectivity index (χ1) is 8.45. The van der Waals surface area contributed by atoms with Crippen molar-refractivity contribution in [1.82, 2.24) is 0 Å². The first-order valence-corrected chi connectivity index (χ1v) is 8.13. The van der Waals surface area contributed by atoms with Gasteiger partial charge in [-0.25, -0.2) is 8.42 Å².